The zero-order valence-corrected chi connectivity index (χ0v) is 10.9. The van der Waals surface area contributed by atoms with Crippen LogP contribution in [0.3, 0.4) is 0 Å². The second-order valence-corrected chi connectivity index (χ2v) is 5.83. The molecule has 7 heteroatoms. The van der Waals surface area contributed by atoms with Gasteiger partial charge in [-0.05, 0) is 12.1 Å². The molecule has 6 nitrogen and oxygen atoms in total. The van der Waals surface area contributed by atoms with E-state index in [1.807, 2.05) is 0 Å². The van der Waals surface area contributed by atoms with Gasteiger partial charge in [0.25, 0.3) is 0 Å². The van der Waals surface area contributed by atoms with E-state index in [0.717, 1.165) is 0 Å². The smallest absolute Gasteiger partial charge is 0.246 e. The molecule has 2 rings (SSSR count). The van der Waals surface area contributed by atoms with Crippen molar-refractivity contribution in [2.24, 2.45) is 0 Å². The Morgan fingerprint density at radius 3 is 2.61 bits per heavy atom. The van der Waals surface area contributed by atoms with Crippen molar-refractivity contribution in [3.63, 3.8) is 0 Å². The molecule has 1 aromatic carbocycles. The Morgan fingerprint density at radius 1 is 1.33 bits per heavy atom. The Labute approximate surface area is 106 Å². The summed E-state index contributed by atoms with van der Waals surface area (Å²) in [6.45, 7) is 1.54. The second kappa shape index (κ2) is 5.13. The fourth-order valence-electron chi connectivity index (χ4n) is 1.82. The Hall–Kier alpha value is -1.31. The van der Waals surface area contributed by atoms with Crippen LogP contribution >= 0.6 is 0 Å². The van der Waals surface area contributed by atoms with Crippen LogP contribution in [0, 0.1) is 0 Å². The third-order valence-electron chi connectivity index (χ3n) is 2.78. The summed E-state index contributed by atoms with van der Waals surface area (Å²) in [5.74, 6) is 0.265. The van der Waals surface area contributed by atoms with E-state index < -0.39 is 10.0 Å². The number of morpholine rings is 1. The predicted octanol–water partition coefficient (Wildman–Crippen LogP) is 0.298. The first-order valence-electron chi connectivity index (χ1n) is 5.57. The maximum Gasteiger partial charge on any atom is 0.246 e. The zero-order chi connectivity index (χ0) is 13.2. The normalized spacial score (nSPS) is 17.6. The lowest BCUT2D eigenvalue weighted by Gasteiger charge is -2.26. The van der Waals surface area contributed by atoms with Gasteiger partial charge in [-0.2, -0.15) is 4.31 Å². The van der Waals surface area contributed by atoms with E-state index in [-0.39, 0.29) is 10.6 Å². The lowest BCUT2D eigenvalue weighted by Crippen LogP contribution is -2.40. The van der Waals surface area contributed by atoms with Gasteiger partial charge in [0.2, 0.25) is 10.0 Å². The number of nitrogen functional groups attached to an aromatic ring is 1. The van der Waals surface area contributed by atoms with Crippen LogP contribution in [0.5, 0.6) is 5.75 Å². The number of sulfonamides is 1. The van der Waals surface area contributed by atoms with E-state index >= 15 is 0 Å². The molecule has 0 unspecified atom stereocenters. The van der Waals surface area contributed by atoms with Crippen LogP contribution in [0.15, 0.2) is 23.1 Å². The molecule has 0 bridgehead atoms. The largest absolute Gasteiger partial charge is 0.495 e. The maximum atomic E-state index is 12.4. The molecule has 1 aliphatic rings. The molecule has 1 saturated heterocycles. The number of hydrogen-bond donors (Lipinski definition) is 1. The van der Waals surface area contributed by atoms with Crippen LogP contribution in [-0.2, 0) is 14.8 Å². The van der Waals surface area contributed by atoms with Gasteiger partial charge in [0.15, 0.2) is 0 Å². The Bertz CT molecular complexity index is 524. The molecule has 0 aliphatic carbocycles. The molecule has 1 fully saturated rings. The van der Waals surface area contributed by atoms with E-state index in [9.17, 15) is 8.42 Å². The summed E-state index contributed by atoms with van der Waals surface area (Å²) in [5, 5.41) is 0. The fraction of sp³-hybridized carbons (Fsp3) is 0.455. The molecular formula is C11H16N2O4S. The summed E-state index contributed by atoms with van der Waals surface area (Å²) >= 11 is 0. The fourth-order valence-corrected chi connectivity index (χ4v) is 3.37. The molecule has 2 N–H and O–H groups in total. The molecular weight excluding hydrogens is 256 g/mol. The number of nitrogens with two attached hydrogens (primary N) is 1. The van der Waals surface area contributed by atoms with Gasteiger partial charge in [-0.25, -0.2) is 8.42 Å². The van der Waals surface area contributed by atoms with Gasteiger partial charge in [0.05, 0.1) is 20.3 Å². The van der Waals surface area contributed by atoms with E-state index in [1.165, 1.54) is 23.5 Å². The summed E-state index contributed by atoms with van der Waals surface area (Å²) in [6.07, 6.45) is 0. The van der Waals surface area contributed by atoms with Gasteiger partial charge in [0, 0.05) is 24.8 Å². The van der Waals surface area contributed by atoms with E-state index in [4.69, 9.17) is 15.2 Å². The molecule has 1 heterocycles. The van der Waals surface area contributed by atoms with Gasteiger partial charge >= 0.3 is 0 Å². The van der Waals surface area contributed by atoms with Crippen molar-refractivity contribution in [2.75, 3.05) is 39.1 Å². The lowest BCUT2D eigenvalue weighted by molar-refractivity contribution is 0.0729. The molecule has 0 spiro atoms. The van der Waals surface area contributed by atoms with Crippen molar-refractivity contribution >= 4 is 15.7 Å². The zero-order valence-electron chi connectivity index (χ0n) is 10.1. The van der Waals surface area contributed by atoms with Crippen LogP contribution in [0.25, 0.3) is 0 Å². The number of ether oxygens (including phenoxy) is 2. The highest BCUT2D eigenvalue weighted by Crippen LogP contribution is 2.28. The number of nitrogens with zero attached hydrogens (tertiary/aromatic N) is 1. The molecule has 1 aromatic rings. The number of hydrogen-bond acceptors (Lipinski definition) is 5. The number of methoxy groups -OCH3 is 1. The highest BCUT2D eigenvalue weighted by Gasteiger charge is 2.29. The summed E-state index contributed by atoms with van der Waals surface area (Å²) in [6, 6.07) is 4.53. The first kappa shape index (κ1) is 13.1. The standard InChI is InChI=1S/C11H16N2O4S/c1-16-10-8-9(12)2-3-11(10)18(14,15)13-4-6-17-7-5-13/h2-3,8H,4-7,12H2,1H3. The SMILES string of the molecule is COc1cc(N)ccc1S(=O)(=O)N1CCOCC1. The summed E-state index contributed by atoms with van der Waals surface area (Å²) < 4.78 is 36.5. The summed E-state index contributed by atoms with van der Waals surface area (Å²) in [7, 11) is -2.13. The van der Waals surface area contributed by atoms with Crippen molar-refractivity contribution < 1.29 is 17.9 Å². The highest BCUT2D eigenvalue weighted by molar-refractivity contribution is 7.89. The van der Waals surface area contributed by atoms with Crippen molar-refractivity contribution in [3.05, 3.63) is 18.2 Å². The topological polar surface area (TPSA) is 81.9 Å². The van der Waals surface area contributed by atoms with Crippen molar-refractivity contribution in [3.8, 4) is 5.75 Å². The van der Waals surface area contributed by atoms with Gasteiger partial charge in [-0.1, -0.05) is 0 Å². The number of rotatable bonds is 3. The van der Waals surface area contributed by atoms with Gasteiger partial charge in [-0.3, -0.25) is 0 Å². The molecule has 18 heavy (non-hydrogen) atoms. The minimum absolute atomic E-state index is 0.140. The highest BCUT2D eigenvalue weighted by atomic mass is 32.2. The Morgan fingerprint density at radius 2 is 2.00 bits per heavy atom. The summed E-state index contributed by atoms with van der Waals surface area (Å²) in [4.78, 5) is 0.140. The van der Waals surface area contributed by atoms with Crippen molar-refractivity contribution in [1.29, 1.82) is 0 Å². The maximum absolute atomic E-state index is 12.4. The molecule has 0 saturated carbocycles. The first-order valence-corrected chi connectivity index (χ1v) is 7.01. The number of anilines is 1. The molecule has 0 radical (unpaired) electrons. The second-order valence-electron chi connectivity index (χ2n) is 3.93. The predicted molar refractivity (Wildman–Crippen MR) is 67.0 cm³/mol. The van der Waals surface area contributed by atoms with Gasteiger partial charge < -0.3 is 15.2 Å². The molecule has 0 atom stereocenters. The average molecular weight is 272 g/mol. The molecule has 1 aliphatic heterocycles. The van der Waals surface area contributed by atoms with E-state index in [0.29, 0.717) is 32.0 Å². The lowest BCUT2D eigenvalue weighted by atomic mass is 10.3. The minimum atomic E-state index is -3.55. The third-order valence-corrected chi connectivity index (χ3v) is 4.71. The van der Waals surface area contributed by atoms with Crippen LogP contribution < -0.4 is 10.5 Å². The van der Waals surface area contributed by atoms with E-state index in [1.54, 1.807) is 6.07 Å². The van der Waals surface area contributed by atoms with Crippen molar-refractivity contribution in [2.45, 2.75) is 4.90 Å². The number of benzene rings is 1. The average Bonchev–Trinajstić information content (AvgIpc) is 2.39. The summed E-state index contributed by atoms with van der Waals surface area (Å²) in [5.41, 5.74) is 6.08. The van der Waals surface area contributed by atoms with Crippen LogP contribution in [0.4, 0.5) is 5.69 Å². The Kier molecular flexibility index (Phi) is 3.74. The van der Waals surface area contributed by atoms with E-state index in [2.05, 4.69) is 0 Å². The van der Waals surface area contributed by atoms with Gasteiger partial charge in [-0.15, -0.1) is 0 Å². The monoisotopic (exact) mass is 272 g/mol. The van der Waals surface area contributed by atoms with Crippen LogP contribution in [0.2, 0.25) is 0 Å². The quantitative estimate of drug-likeness (QED) is 0.800. The minimum Gasteiger partial charge on any atom is -0.495 e. The van der Waals surface area contributed by atoms with Crippen LogP contribution in [0.1, 0.15) is 0 Å². The van der Waals surface area contributed by atoms with Gasteiger partial charge in [0.1, 0.15) is 10.6 Å². The molecule has 100 valence electrons. The van der Waals surface area contributed by atoms with Crippen molar-refractivity contribution in [1.82, 2.24) is 4.31 Å². The van der Waals surface area contributed by atoms with Crippen LogP contribution in [-0.4, -0.2) is 46.1 Å². The molecule has 0 aromatic heterocycles. The Balaban J connectivity index is 2.40. The molecule has 0 amide bonds. The first-order chi connectivity index (χ1) is 8.55. The third kappa shape index (κ3) is 2.43.